The van der Waals surface area contributed by atoms with Gasteiger partial charge in [0.1, 0.15) is 0 Å². The molecule has 0 unspecified atom stereocenters. The van der Waals surface area contributed by atoms with E-state index in [1.54, 1.807) is 0 Å². The average molecular weight is 233 g/mol. The van der Waals surface area contributed by atoms with Crippen molar-refractivity contribution in [2.24, 2.45) is 5.92 Å². The number of aliphatic hydroxyl groups excluding tert-OH is 1. The van der Waals surface area contributed by atoms with Crippen LogP contribution in [-0.2, 0) is 6.61 Å². The number of hydrogen-bond donors (Lipinski definition) is 1. The van der Waals surface area contributed by atoms with E-state index in [2.05, 4.69) is 31.0 Å². The molecule has 1 N–H and O–H groups in total. The Morgan fingerprint density at radius 3 is 2.59 bits per heavy atom. The maximum Gasteiger partial charge on any atom is 0.0681 e. The molecule has 0 spiro atoms. The summed E-state index contributed by atoms with van der Waals surface area (Å²) in [6.07, 6.45) is 5.58. The van der Waals surface area contributed by atoms with Crippen molar-refractivity contribution in [1.82, 2.24) is 0 Å². The number of hydrogen-bond acceptors (Lipinski definition) is 2. The van der Waals surface area contributed by atoms with Crippen LogP contribution in [0.1, 0.15) is 36.8 Å². The van der Waals surface area contributed by atoms with Crippen molar-refractivity contribution >= 4 is 5.69 Å². The lowest BCUT2D eigenvalue weighted by atomic mass is 10.1. The third-order valence-corrected chi connectivity index (χ3v) is 3.86. The third-order valence-electron chi connectivity index (χ3n) is 3.86. The number of nitrogens with zero attached hydrogens (tertiary/aromatic N) is 1. The predicted octanol–water partition coefficient (Wildman–Crippen LogP) is 3.11. The van der Waals surface area contributed by atoms with Crippen molar-refractivity contribution in [2.75, 3.05) is 18.5 Å². The Bertz CT molecular complexity index is 369. The highest BCUT2D eigenvalue weighted by Crippen LogP contribution is 2.28. The molecule has 2 heteroatoms. The zero-order chi connectivity index (χ0) is 12.3. The predicted molar refractivity (Wildman–Crippen MR) is 72.3 cm³/mol. The topological polar surface area (TPSA) is 23.5 Å². The van der Waals surface area contributed by atoms with Crippen molar-refractivity contribution < 1.29 is 5.11 Å². The molecule has 1 aliphatic carbocycles. The molecule has 2 rings (SSSR count). The monoisotopic (exact) mass is 233 g/mol. The molecule has 1 fully saturated rings. The number of benzene rings is 1. The summed E-state index contributed by atoms with van der Waals surface area (Å²) in [7, 11) is 2.18. The summed E-state index contributed by atoms with van der Waals surface area (Å²) in [6, 6.07) is 6.24. The summed E-state index contributed by atoms with van der Waals surface area (Å²) in [4.78, 5) is 2.37. The molecule has 1 aromatic carbocycles. The van der Waals surface area contributed by atoms with E-state index in [0.717, 1.165) is 11.5 Å². The van der Waals surface area contributed by atoms with E-state index < -0.39 is 0 Å². The van der Waals surface area contributed by atoms with E-state index in [4.69, 9.17) is 5.11 Å². The second-order valence-electron chi connectivity index (χ2n) is 5.31. The molecule has 0 heterocycles. The van der Waals surface area contributed by atoms with Crippen molar-refractivity contribution in [2.45, 2.75) is 39.2 Å². The molecule has 0 radical (unpaired) electrons. The van der Waals surface area contributed by atoms with Gasteiger partial charge >= 0.3 is 0 Å². The van der Waals surface area contributed by atoms with Crippen molar-refractivity contribution in [3.05, 3.63) is 29.3 Å². The van der Waals surface area contributed by atoms with E-state index in [0.29, 0.717) is 0 Å². The minimum Gasteiger partial charge on any atom is -0.392 e. The fourth-order valence-corrected chi connectivity index (χ4v) is 2.92. The highest BCUT2D eigenvalue weighted by Gasteiger charge is 2.17. The first-order valence-corrected chi connectivity index (χ1v) is 6.62. The molecule has 17 heavy (non-hydrogen) atoms. The smallest absolute Gasteiger partial charge is 0.0681 e. The van der Waals surface area contributed by atoms with Crippen LogP contribution in [0.2, 0.25) is 0 Å². The third kappa shape index (κ3) is 3.01. The largest absolute Gasteiger partial charge is 0.392 e. The molecule has 0 aliphatic heterocycles. The first-order valence-electron chi connectivity index (χ1n) is 6.62. The SMILES string of the molecule is Cc1cc(CO)ccc1N(C)CC1CCCC1. The first-order chi connectivity index (χ1) is 8.20. The van der Waals surface area contributed by atoms with E-state index in [9.17, 15) is 0 Å². The lowest BCUT2D eigenvalue weighted by Gasteiger charge is -2.25. The molecule has 1 aliphatic rings. The van der Waals surface area contributed by atoms with Crippen LogP contribution >= 0.6 is 0 Å². The lowest BCUT2D eigenvalue weighted by molar-refractivity contribution is 0.282. The van der Waals surface area contributed by atoms with Crippen LogP contribution in [0.4, 0.5) is 5.69 Å². The molecule has 0 atom stereocenters. The number of aliphatic hydroxyl groups is 1. The molecule has 0 saturated heterocycles. The molecule has 2 nitrogen and oxygen atoms in total. The van der Waals surface area contributed by atoms with Crippen molar-refractivity contribution in [3.8, 4) is 0 Å². The van der Waals surface area contributed by atoms with Crippen molar-refractivity contribution in [3.63, 3.8) is 0 Å². The van der Waals surface area contributed by atoms with E-state index in [1.807, 2.05) is 6.07 Å². The molecule has 94 valence electrons. The van der Waals surface area contributed by atoms with Gasteiger partial charge in [-0.1, -0.05) is 25.0 Å². The minimum absolute atomic E-state index is 0.132. The Morgan fingerprint density at radius 2 is 2.00 bits per heavy atom. The molecule has 0 amide bonds. The van der Waals surface area contributed by atoms with Crippen LogP contribution in [-0.4, -0.2) is 18.7 Å². The van der Waals surface area contributed by atoms with Crippen LogP contribution in [0.3, 0.4) is 0 Å². The summed E-state index contributed by atoms with van der Waals surface area (Å²) >= 11 is 0. The lowest BCUT2D eigenvalue weighted by Crippen LogP contribution is -2.24. The van der Waals surface area contributed by atoms with Gasteiger partial charge in [-0.05, 0) is 42.9 Å². The average Bonchev–Trinajstić information content (AvgIpc) is 2.81. The Kier molecular flexibility index (Phi) is 4.06. The van der Waals surface area contributed by atoms with E-state index in [-0.39, 0.29) is 6.61 Å². The van der Waals surface area contributed by atoms with Crippen LogP contribution in [0.25, 0.3) is 0 Å². The van der Waals surface area contributed by atoms with E-state index >= 15 is 0 Å². The fraction of sp³-hybridized carbons (Fsp3) is 0.600. The molecule has 1 aromatic rings. The van der Waals surface area contributed by atoms with Gasteiger partial charge in [0, 0.05) is 19.3 Å². The Hall–Kier alpha value is -1.02. The number of anilines is 1. The van der Waals surface area contributed by atoms with Gasteiger partial charge in [-0.2, -0.15) is 0 Å². The highest BCUT2D eigenvalue weighted by molar-refractivity contribution is 5.53. The molecular formula is C15H23NO. The van der Waals surface area contributed by atoms with Gasteiger partial charge in [0.05, 0.1) is 6.61 Å². The number of rotatable bonds is 4. The van der Waals surface area contributed by atoms with Crippen LogP contribution in [0.15, 0.2) is 18.2 Å². The molecule has 0 bridgehead atoms. The normalized spacial score (nSPS) is 16.4. The van der Waals surface area contributed by atoms with Crippen LogP contribution in [0, 0.1) is 12.8 Å². The zero-order valence-corrected chi connectivity index (χ0v) is 10.9. The summed E-state index contributed by atoms with van der Waals surface area (Å²) in [5.41, 5.74) is 3.56. The summed E-state index contributed by atoms with van der Waals surface area (Å²) in [5.74, 6) is 0.872. The second-order valence-corrected chi connectivity index (χ2v) is 5.31. The molecule has 0 aromatic heterocycles. The van der Waals surface area contributed by atoms with Gasteiger partial charge in [0.15, 0.2) is 0 Å². The van der Waals surface area contributed by atoms with Gasteiger partial charge in [-0.25, -0.2) is 0 Å². The fourth-order valence-electron chi connectivity index (χ4n) is 2.92. The first kappa shape index (κ1) is 12.4. The number of aryl methyl sites for hydroxylation is 1. The van der Waals surface area contributed by atoms with Gasteiger partial charge in [-0.15, -0.1) is 0 Å². The highest BCUT2D eigenvalue weighted by atomic mass is 16.3. The van der Waals surface area contributed by atoms with Crippen molar-refractivity contribution in [1.29, 1.82) is 0 Å². The Labute approximate surface area is 104 Å². The summed E-state index contributed by atoms with van der Waals surface area (Å²) < 4.78 is 0. The Balaban J connectivity index is 2.04. The van der Waals surface area contributed by atoms with Crippen LogP contribution in [0.5, 0.6) is 0 Å². The Morgan fingerprint density at radius 1 is 1.29 bits per heavy atom. The summed E-state index contributed by atoms with van der Waals surface area (Å²) in [6.45, 7) is 3.42. The molecule has 1 saturated carbocycles. The minimum atomic E-state index is 0.132. The summed E-state index contributed by atoms with van der Waals surface area (Å²) in [5, 5.41) is 9.11. The van der Waals surface area contributed by atoms with Gasteiger partial charge in [0.2, 0.25) is 0 Å². The molecular weight excluding hydrogens is 210 g/mol. The van der Waals surface area contributed by atoms with Gasteiger partial charge in [-0.3, -0.25) is 0 Å². The second kappa shape index (κ2) is 5.54. The quantitative estimate of drug-likeness (QED) is 0.863. The maximum absolute atomic E-state index is 9.11. The standard InChI is InChI=1S/C15H23NO/c1-12-9-14(11-17)7-8-15(12)16(2)10-13-5-3-4-6-13/h7-9,13,17H,3-6,10-11H2,1-2H3. The van der Waals surface area contributed by atoms with Crippen LogP contribution < -0.4 is 4.90 Å². The zero-order valence-electron chi connectivity index (χ0n) is 10.9. The maximum atomic E-state index is 9.11. The van der Waals surface area contributed by atoms with Gasteiger partial charge in [0.25, 0.3) is 0 Å². The van der Waals surface area contributed by atoms with E-state index in [1.165, 1.54) is 43.5 Å². The van der Waals surface area contributed by atoms with Gasteiger partial charge < -0.3 is 10.0 Å².